The number of carbonyl (C=O) groups excluding carboxylic acids is 3. The van der Waals surface area contributed by atoms with Crippen LogP contribution in [0, 0.1) is 5.92 Å². The second-order valence-electron chi connectivity index (χ2n) is 9.35. The number of hydrogen-bond donors (Lipinski definition) is 0. The molecule has 0 unspecified atom stereocenters. The van der Waals surface area contributed by atoms with Crippen LogP contribution in [0.15, 0.2) is 89.7 Å². The number of ketones is 1. The third-order valence-corrected chi connectivity index (χ3v) is 7.82. The van der Waals surface area contributed by atoms with Gasteiger partial charge >= 0.3 is 16.8 Å². The van der Waals surface area contributed by atoms with Gasteiger partial charge in [-0.2, -0.15) is 0 Å². The predicted molar refractivity (Wildman–Crippen MR) is 157 cm³/mol. The average molecular weight is 570 g/mol. The van der Waals surface area contributed by atoms with Gasteiger partial charge < -0.3 is 14.2 Å². The molecule has 0 saturated heterocycles. The maximum absolute atomic E-state index is 13.4. The second-order valence-corrected chi connectivity index (χ2v) is 10.3. The minimum absolute atomic E-state index is 0.0904. The van der Waals surface area contributed by atoms with Crippen molar-refractivity contribution in [3.63, 3.8) is 0 Å². The molecule has 9 heteroatoms. The molecule has 0 bridgehead atoms. The van der Waals surface area contributed by atoms with E-state index in [1.807, 2.05) is 42.5 Å². The average Bonchev–Trinajstić information content (AvgIpc) is 3.33. The molecule has 0 aliphatic heterocycles. The van der Waals surface area contributed by atoms with E-state index in [9.17, 15) is 19.2 Å². The Kier molecular flexibility index (Phi) is 8.26. The smallest absolute Gasteiger partial charge is 0.320 e. The number of methoxy groups -OCH3 is 2. The summed E-state index contributed by atoms with van der Waals surface area (Å²) in [5.74, 6) is -1.87. The van der Waals surface area contributed by atoms with Gasteiger partial charge in [-0.25, -0.2) is 0 Å². The summed E-state index contributed by atoms with van der Waals surface area (Å²) >= 11 is 1.10. The molecular formula is C32H27NO7S. The molecule has 0 aliphatic carbocycles. The maximum atomic E-state index is 13.4. The largest absolute Gasteiger partial charge is 0.492 e. The zero-order valence-electron chi connectivity index (χ0n) is 22.5. The van der Waals surface area contributed by atoms with Crippen molar-refractivity contribution in [2.75, 3.05) is 20.8 Å². The molecule has 5 rings (SSSR count). The van der Waals surface area contributed by atoms with E-state index < -0.39 is 17.9 Å². The molecule has 4 aromatic carbocycles. The summed E-state index contributed by atoms with van der Waals surface area (Å²) < 4.78 is 17.6. The first-order valence-electron chi connectivity index (χ1n) is 12.9. The Morgan fingerprint density at radius 2 is 1.56 bits per heavy atom. The first-order valence-corrected chi connectivity index (χ1v) is 13.7. The lowest BCUT2D eigenvalue weighted by Gasteiger charge is -2.13. The molecule has 0 amide bonds. The van der Waals surface area contributed by atoms with Crippen LogP contribution in [0.3, 0.4) is 0 Å². The van der Waals surface area contributed by atoms with Crippen molar-refractivity contribution in [1.29, 1.82) is 0 Å². The summed E-state index contributed by atoms with van der Waals surface area (Å²) in [6.07, 6.45) is 0.140. The Labute approximate surface area is 239 Å². The Bertz CT molecular complexity index is 1780. The van der Waals surface area contributed by atoms with E-state index in [1.54, 1.807) is 47.0 Å². The molecule has 1 heterocycles. The van der Waals surface area contributed by atoms with Gasteiger partial charge in [0.05, 0.1) is 31.0 Å². The monoisotopic (exact) mass is 569 g/mol. The number of nitrogens with zero attached hydrogens (tertiary/aromatic N) is 1. The van der Waals surface area contributed by atoms with Crippen LogP contribution in [0.4, 0.5) is 0 Å². The molecule has 0 aliphatic rings. The van der Waals surface area contributed by atoms with Crippen LogP contribution in [-0.4, -0.2) is 43.1 Å². The topological polar surface area (TPSA) is 101 Å². The number of benzene rings is 4. The Morgan fingerprint density at radius 1 is 0.854 bits per heavy atom. The van der Waals surface area contributed by atoms with Gasteiger partial charge in [-0.05, 0) is 53.1 Å². The second kappa shape index (κ2) is 12.2. The summed E-state index contributed by atoms with van der Waals surface area (Å²) in [6.45, 7) is 0.568. The normalized spacial score (nSPS) is 11.1. The quantitative estimate of drug-likeness (QED) is 0.132. The fourth-order valence-corrected chi connectivity index (χ4v) is 5.71. The number of rotatable bonds is 10. The van der Waals surface area contributed by atoms with Crippen LogP contribution < -0.4 is 9.61 Å². The Hall–Kier alpha value is -4.76. The first-order chi connectivity index (χ1) is 19.9. The summed E-state index contributed by atoms with van der Waals surface area (Å²) in [6, 6.07) is 25.8. The van der Waals surface area contributed by atoms with Gasteiger partial charge in [0, 0.05) is 11.1 Å². The zero-order valence-corrected chi connectivity index (χ0v) is 23.3. The fraction of sp³-hybridized carbons (Fsp3) is 0.188. The van der Waals surface area contributed by atoms with Crippen LogP contribution in [0.25, 0.3) is 21.0 Å². The molecule has 8 nitrogen and oxygen atoms in total. The number of ether oxygens (including phenoxy) is 3. The lowest BCUT2D eigenvalue weighted by Crippen LogP contribution is -2.28. The summed E-state index contributed by atoms with van der Waals surface area (Å²) in [4.78, 5) is 49.9. The molecule has 0 atom stereocenters. The van der Waals surface area contributed by atoms with Crippen molar-refractivity contribution in [1.82, 2.24) is 4.57 Å². The molecule has 0 fully saturated rings. The van der Waals surface area contributed by atoms with Crippen LogP contribution >= 0.6 is 11.3 Å². The fourth-order valence-electron chi connectivity index (χ4n) is 4.76. The first kappa shape index (κ1) is 27.8. The molecule has 208 valence electrons. The molecule has 0 saturated carbocycles. The van der Waals surface area contributed by atoms with Gasteiger partial charge in [-0.3, -0.25) is 23.7 Å². The van der Waals surface area contributed by atoms with Gasteiger partial charge in [0.25, 0.3) is 0 Å². The maximum Gasteiger partial charge on any atom is 0.320 e. The van der Waals surface area contributed by atoms with Crippen molar-refractivity contribution >= 4 is 50.0 Å². The van der Waals surface area contributed by atoms with Gasteiger partial charge in [-0.15, -0.1) is 0 Å². The number of thiazole rings is 1. The van der Waals surface area contributed by atoms with E-state index in [1.165, 1.54) is 14.2 Å². The third kappa shape index (κ3) is 5.90. The highest BCUT2D eigenvalue weighted by Crippen LogP contribution is 2.25. The van der Waals surface area contributed by atoms with E-state index in [2.05, 4.69) is 0 Å². The van der Waals surface area contributed by atoms with E-state index in [0.29, 0.717) is 23.4 Å². The van der Waals surface area contributed by atoms with E-state index in [0.717, 1.165) is 37.9 Å². The number of fused-ring (bicyclic) bond motifs is 2. The zero-order chi connectivity index (χ0) is 28.9. The predicted octanol–water partition coefficient (Wildman–Crippen LogP) is 5.03. The van der Waals surface area contributed by atoms with Gasteiger partial charge in [-0.1, -0.05) is 65.9 Å². The highest BCUT2D eigenvalue weighted by Gasteiger charge is 2.28. The Balaban J connectivity index is 1.26. The van der Waals surface area contributed by atoms with Crippen LogP contribution in [-0.2, 0) is 32.0 Å². The SMILES string of the molecule is COC(=O)C(Cc1ccc(OCCn2c(=O)sc3cc(C(=O)c4cccc5ccccc45)ccc32)cc1)C(=O)OC. The minimum atomic E-state index is -1.04. The van der Waals surface area contributed by atoms with Gasteiger partial charge in [0.2, 0.25) is 0 Å². The Morgan fingerprint density at radius 3 is 2.29 bits per heavy atom. The van der Waals surface area contributed by atoms with Crippen molar-refractivity contribution < 1.29 is 28.6 Å². The summed E-state index contributed by atoms with van der Waals surface area (Å²) in [5.41, 5.74) is 2.64. The summed E-state index contributed by atoms with van der Waals surface area (Å²) in [7, 11) is 2.45. The van der Waals surface area contributed by atoms with Crippen LogP contribution in [0.2, 0.25) is 0 Å². The highest BCUT2D eigenvalue weighted by atomic mass is 32.1. The van der Waals surface area contributed by atoms with Crippen LogP contribution in [0.1, 0.15) is 21.5 Å². The molecule has 41 heavy (non-hydrogen) atoms. The number of carbonyl (C=O) groups is 3. The molecule has 0 radical (unpaired) electrons. The molecular weight excluding hydrogens is 542 g/mol. The molecule has 5 aromatic rings. The summed E-state index contributed by atoms with van der Waals surface area (Å²) in [5, 5.41) is 1.89. The number of aromatic nitrogens is 1. The lowest BCUT2D eigenvalue weighted by atomic mass is 9.97. The number of hydrogen-bond acceptors (Lipinski definition) is 8. The van der Waals surface area contributed by atoms with Gasteiger partial charge in [0.15, 0.2) is 11.7 Å². The highest BCUT2D eigenvalue weighted by molar-refractivity contribution is 7.16. The van der Waals surface area contributed by atoms with Crippen molar-refractivity contribution in [3.8, 4) is 5.75 Å². The van der Waals surface area contributed by atoms with E-state index >= 15 is 0 Å². The molecule has 0 N–H and O–H groups in total. The van der Waals surface area contributed by atoms with E-state index in [4.69, 9.17) is 14.2 Å². The third-order valence-electron chi connectivity index (χ3n) is 6.88. The number of esters is 2. The van der Waals surface area contributed by atoms with Crippen molar-refractivity contribution in [2.45, 2.75) is 13.0 Å². The van der Waals surface area contributed by atoms with Crippen LogP contribution in [0.5, 0.6) is 5.75 Å². The molecule has 1 aromatic heterocycles. The van der Waals surface area contributed by atoms with Gasteiger partial charge in [0.1, 0.15) is 12.4 Å². The molecule has 0 spiro atoms. The van der Waals surface area contributed by atoms with E-state index in [-0.39, 0.29) is 23.7 Å². The minimum Gasteiger partial charge on any atom is -0.492 e. The standard InChI is InChI=1S/C32H27NO7S/c1-38-30(35)26(31(36)39-2)18-20-10-13-23(14-11-20)40-17-16-33-27-15-12-22(19-28(27)41-32(33)37)29(34)25-9-5-7-21-6-3-4-8-24(21)25/h3-15,19,26H,16-18H2,1-2H3. The van der Waals surface area contributed by atoms with Crippen molar-refractivity contribution in [3.05, 3.63) is 111 Å². The lowest BCUT2D eigenvalue weighted by molar-refractivity contribution is -0.158. The van der Waals surface area contributed by atoms with Crippen molar-refractivity contribution in [2.24, 2.45) is 5.92 Å².